The molecule has 0 unspecified atom stereocenters. The summed E-state index contributed by atoms with van der Waals surface area (Å²) >= 11 is 0. The monoisotopic (exact) mass is 262 g/mol. The number of amides is 2. The Kier molecular flexibility index (Phi) is 3.28. The summed E-state index contributed by atoms with van der Waals surface area (Å²) in [6, 6.07) is 3.67. The molecule has 2 rings (SSSR count). The molecule has 0 bridgehead atoms. The summed E-state index contributed by atoms with van der Waals surface area (Å²) in [6.07, 6.45) is 1.20. The molecule has 0 radical (unpaired) electrons. The number of carbonyl (C=O) groups is 3. The first-order valence-electron chi connectivity index (χ1n) is 5.41. The molecule has 7 heteroatoms. The number of imide groups is 1. The minimum absolute atomic E-state index is 0.119. The highest BCUT2D eigenvalue weighted by molar-refractivity contribution is 6.10. The number of hydrogen-bond acceptors (Lipinski definition) is 4. The van der Waals surface area contributed by atoms with Crippen molar-refractivity contribution in [1.82, 2.24) is 9.88 Å². The zero-order chi connectivity index (χ0) is 14.0. The number of likely N-dealkylation sites (tertiary alicyclic amines) is 1. The highest BCUT2D eigenvalue weighted by atomic mass is 16.4. The van der Waals surface area contributed by atoms with E-state index in [1.54, 1.807) is 18.2 Å². The molecule has 1 aromatic rings. The van der Waals surface area contributed by atoms with Gasteiger partial charge in [0.05, 0.1) is 5.69 Å². The average molecular weight is 262 g/mol. The third-order valence-corrected chi connectivity index (χ3v) is 2.72. The first-order chi connectivity index (χ1) is 9.00. The van der Waals surface area contributed by atoms with Crippen LogP contribution in [0.3, 0.4) is 0 Å². The Morgan fingerprint density at radius 3 is 2.58 bits per heavy atom. The van der Waals surface area contributed by atoms with Crippen LogP contribution in [0.5, 0.6) is 0 Å². The first kappa shape index (κ1) is 12.7. The van der Waals surface area contributed by atoms with Crippen LogP contribution in [0.4, 0.5) is 4.79 Å². The molecule has 0 spiro atoms. The van der Waals surface area contributed by atoms with Crippen LogP contribution >= 0.6 is 0 Å². The molecule has 1 atom stereocenters. The number of carboxylic acids is 1. The van der Waals surface area contributed by atoms with Gasteiger partial charge in [0.1, 0.15) is 6.04 Å². The highest BCUT2D eigenvalue weighted by Gasteiger charge is 2.43. The third kappa shape index (κ3) is 2.44. The molecule has 0 aromatic carbocycles. The number of rotatable bonds is 2. The van der Waals surface area contributed by atoms with Crippen molar-refractivity contribution in [2.24, 2.45) is 0 Å². The van der Waals surface area contributed by atoms with Gasteiger partial charge in [0.2, 0.25) is 0 Å². The quantitative estimate of drug-likeness (QED) is 0.764. The standard InChI is InChI=1S/C12H10N2O5/c15-10-7(5-8-3-1-2-4-13-8)6-9(11(16)17)14(10)12(18)19/h1-5,9H,6H2,(H,16,17)(H,18,19)/t9-/m0/s1. The van der Waals surface area contributed by atoms with Gasteiger partial charge in [-0.15, -0.1) is 0 Å². The largest absolute Gasteiger partial charge is 0.480 e. The summed E-state index contributed by atoms with van der Waals surface area (Å²) in [4.78, 5) is 38.0. The van der Waals surface area contributed by atoms with E-state index < -0.39 is 24.0 Å². The minimum atomic E-state index is -1.57. The Hall–Kier alpha value is -2.70. The second-order valence-corrected chi connectivity index (χ2v) is 3.94. The molecule has 1 aliphatic heterocycles. The lowest BCUT2D eigenvalue weighted by Crippen LogP contribution is -2.42. The number of pyridine rings is 1. The smallest absolute Gasteiger partial charge is 0.415 e. The fourth-order valence-electron chi connectivity index (χ4n) is 1.86. The van der Waals surface area contributed by atoms with Gasteiger partial charge in [-0.05, 0) is 18.2 Å². The van der Waals surface area contributed by atoms with Gasteiger partial charge in [-0.3, -0.25) is 9.78 Å². The van der Waals surface area contributed by atoms with Crippen LogP contribution in [0, 0.1) is 0 Å². The second-order valence-electron chi connectivity index (χ2n) is 3.94. The number of aliphatic carboxylic acids is 1. The molecule has 0 saturated carbocycles. The summed E-state index contributed by atoms with van der Waals surface area (Å²) in [6.45, 7) is 0. The zero-order valence-corrected chi connectivity index (χ0v) is 9.68. The number of carbonyl (C=O) groups excluding carboxylic acids is 1. The van der Waals surface area contributed by atoms with Crippen molar-refractivity contribution in [2.75, 3.05) is 0 Å². The van der Waals surface area contributed by atoms with Crippen molar-refractivity contribution in [1.29, 1.82) is 0 Å². The van der Waals surface area contributed by atoms with Gasteiger partial charge in [-0.25, -0.2) is 14.5 Å². The highest BCUT2D eigenvalue weighted by Crippen LogP contribution is 2.26. The van der Waals surface area contributed by atoms with Gasteiger partial charge in [0, 0.05) is 18.2 Å². The summed E-state index contributed by atoms with van der Waals surface area (Å²) < 4.78 is 0. The molecule has 2 heterocycles. The van der Waals surface area contributed by atoms with Crippen molar-refractivity contribution in [3.8, 4) is 0 Å². The lowest BCUT2D eigenvalue weighted by atomic mass is 10.1. The van der Waals surface area contributed by atoms with Gasteiger partial charge in [-0.1, -0.05) is 6.07 Å². The third-order valence-electron chi connectivity index (χ3n) is 2.72. The van der Waals surface area contributed by atoms with Crippen LogP contribution in [0.2, 0.25) is 0 Å². The minimum Gasteiger partial charge on any atom is -0.480 e. The molecule has 0 aliphatic carbocycles. The lowest BCUT2D eigenvalue weighted by molar-refractivity contribution is -0.144. The maximum absolute atomic E-state index is 11.9. The molecular formula is C12H10N2O5. The van der Waals surface area contributed by atoms with Gasteiger partial charge in [-0.2, -0.15) is 0 Å². The predicted octanol–water partition coefficient (Wildman–Crippen LogP) is 0.829. The molecule has 19 heavy (non-hydrogen) atoms. The first-order valence-corrected chi connectivity index (χ1v) is 5.41. The van der Waals surface area contributed by atoms with E-state index in [1.165, 1.54) is 12.3 Å². The van der Waals surface area contributed by atoms with E-state index in [2.05, 4.69) is 4.98 Å². The Labute approximate surface area is 107 Å². The van der Waals surface area contributed by atoms with E-state index in [0.29, 0.717) is 10.6 Å². The zero-order valence-electron chi connectivity index (χ0n) is 9.68. The molecule has 1 saturated heterocycles. The maximum atomic E-state index is 11.9. The molecule has 1 fully saturated rings. The number of aromatic nitrogens is 1. The van der Waals surface area contributed by atoms with Crippen LogP contribution in [0.15, 0.2) is 30.0 Å². The summed E-state index contributed by atoms with van der Waals surface area (Å²) in [5, 5.41) is 17.8. The SMILES string of the molecule is O=C(O)[C@@H]1CC(=Cc2ccccn2)C(=O)N1C(=O)O. The number of nitrogens with zero attached hydrogens (tertiary/aromatic N) is 2. The van der Waals surface area contributed by atoms with E-state index in [0.717, 1.165) is 0 Å². The van der Waals surface area contributed by atoms with Crippen LogP contribution < -0.4 is 0 Å². The Balaban J connectivity index is 2.35. The fraction of sp³-hybridized carbons (Fsp3) is 0.167. The van der Waals surface area contributed by atoms with Gasteiger partial charge < -0.3 is 10.2 Å². The number of hydrogen-bond donors (Lipinski definition) is 2. The molecule has 2 N–H and O–H groups in total. The van der Waals surface area contributed by atoms with Crippen LogP contribution in [0.25, 0.3) is 6.08 Å². The summed E-state index contributed by atoms with van der Waals surface area (Å²) in [5.41, 5.74) is 0.593. The van der Waals surface area contributed by atoms with Crippen LogP contribution in [-0.2, 0) is 9.59 Å². The molecule has 98 valence electrons. The molecule has 1 aliphatic rings. The molecular weight excluding hydrogens is 252 g/mol. The normalized spacial score (nSPS) is 20.8. The van der Waals surface area contributed by atoms with Crippen molar-refractivity contribution in [2.45, 2.75) is 12.5 Å². The van der Waals surface area contributed by atoms with Gasteiger partial charge in [0.25, 0.3) is 5.91 Å². The average Bonchev–Trinajstić information content (AvgIpc) is 2.68. The van der Waals surface area contributed by atoms with E-state index >= 15 is 0 Å². The molecule has 1 aromatic heterocycles. The van der Waals surface area contributed by atoms with Crippen molar-refractivity contribution >= 4 is 24.0 Å². The van der Waals surface area contributed by atoms with Gasteiger partial charge in [0.15, 0.2) is 0 Å². The van der Waals surface area contributed by atoms with E-state index in [4.69, 9.17) is 10.2 Å². The van der Waals surface area contributed by atoms with E-state index in [1.807, 2.05) is 0 Å². The second kappa shape index (κ2) is 4.89. The number of carboxylic acid groups (broad SMARTS) is 2. The van der Waals surface area contributed by atoms with Crippen molar-refractivity contribution in [3.05, 3.63) is 35.7 Å². The Morgan fingerprint density at radius 1 is 1.37 bits per heavy atom. The van der Waals surface area contributed by atoms with E-state index in [9.17, 15) is 14.4 Å². The van der Waals surface area contributed by atoms with Crippen LogP contribution in [-0.4, -0.2) is 44.1 Å². The summed E-state index contributed by atoms with van der Waals surface area (Å²) in [7, 11) is 0. The lowest BCUT2D eigenvalue weighted by Gasteiger charge is -2.14. The Bertz CT molecular complexity index is 567. The van der Waals surface area contributed by atoms with Gasteiger partial charge >= 0.3 is 12.1 Å². The fourth-order valence-corrected chi connectivity index (χ4v) is 1.86. The molecule has 2 amide bonds. The summed E-state index contributed by atoms with van der Waals surface area (Å²) in [5.74, 6) is -2.16. The van der Waals surface area contributed by atoms with E-state index in [-0.39, 0.29) is 12.0 Å². The maximum Gasteiger partial charge on any atom is 0.415 e. The van der Waals surface area contributed by atoms with Crippen molar-refractivity contribution < 1.29 is 24.6 Å². The topological polar surface area (TPSA) is 108 Å². The van der Waals surface area contributed by atoms with Crippen LogP contribution in [0.1, 0.15) is 12.1 Å². The molecule has 7 nitrogen and oxygen atoms in total. The predicted molar refractivity (Wildman–Crippen MR) is 63.1 cm³/mol. The Morgan fingerprint density at radius 2 is 2.11 bits per heavy atom. The van der Waals surface area contributed by atoms with Crippen molar-refractivity contribution in [3.63, 3.8) is 0 Å².